The maximum atomic E-state index is 10.7. The second-order valence-corrected chi connectivity index (χ2v) is 2.96. The van der Waals surface area contributed by atoms with E-state index < -0.39 is 5.91 Å². The van der Waals surface area contributed by atoms with E-state index in [1.807, 2.05) is 0 Å². The SMILES string of the molecule is CC(=O)CC(=CC(N)=O)CC(C)=O. The molecule has 0 aliphatic carbocycles. The van der Waals surface area contributed by atoms with Crippen LogP contribution in [0.1, 0.15) is 26.7 Å². The predicted octanol–water partition coefficient (Wildman–Crippen LogP) is 0.356. The molecule has 0 spiro atoms. The van der Waals surface area contributed by atoms with Crippen molar-refractivity contribution in [2.75, 3.05) is 0 Å². The molecule has 0 rings (SSSR count). The average molecular weight is 183 g/mol. The van der Waals surface area contributed by atoms with Gasteiger partial charge in [-0.1, -0.05) is 5.57 Å². The largest absolute Gasteiger partial charge is 0.366 e. The number of Topliss-reactive ketones (excluding diaryl/α,β-unsaturated/α-hetero) is 2. The number of allylic oxidation sites excluding steroid dienone is 1. The van der Waals surface area contributed by atoms with E-state index >= 15 is 0 Å². The summed E-state index contributed by atoms with van der Waals surface area (Å²) >= 11 is 0. The Bertz CT molecular complexity index is 248. The molecule has 4 heteroatoms. The molecular weight excluding hydrogens is 170 g/mol. The fraction of sp³-hybridized carbons (Fsp3) is 0.444. The number of hydrogen-bond acceptors (Lipinski definition) is 3. The Morgan fingerprint density at radius 1 is 1.08 bits per heavy atom. The first-order valence-corrected chi connectivity index (χ1v) is 3.89. The van der Waals surface area contributed by atoms with Crippen molar-refractivity contribution < 1.29 is 14.4 Å². The highest BCUT2D eigenvalue weighted by Crippen LogP contribution is 2.07. The standard InChI is InChI=1S/C9H13NO3/c1-6(11)3-8(4-7(2)12)5-9(10)13/h5H,3-4H2,1-2H3,(H2,10,13). The smallest absolute Gasteiger partial charge is 0.241 e. The van der Waals surface area contributed by atoms with Gasteiger partial charge in [-0.2, -0.15) is 0 Å². The van der Waals surface area contributed by atoms with Gasteiger partial charge in [-0.15, -0.1) is 0 Å². The molecule has 1 amide bonds. The summed E-state index contributed by atoms with van der Waals surface area (Å²) < 4.78 is 0. The summed E-state index contributed by atoms with van der Waals surface area (Å²) in [5.41, 5.74) is 5.39. The monoisotopic (exact) mass is 183 g/mol. The fourth-order valence-corrected chi connectivity index (χ4v) is 1.01. The van der Waals surface area contributed by atoms with Crippen LogP contribution >= 0.6 is 0 Å². The molecule has 0 aliphatic heterocycles. The minimum Gasteiger partial charge on any atom is -0.366 e. The number of ketones is 2. The zero-order chi connectivity index (χ0) is 10.4. The van der Waals surface area contributed by atoms with Crippen molar-refractivity contribution in [2.24, 2.45) is 5.73 Å². The second kappa shape index (κ2) is 5.24. The lowest BCUT2D eigenvalue weighted by Gasteiger charge is -2.00. The Balaban J connectivity index is 4.45. The number of nitrogens with two attached hydrogens (primary N) is 1. The van der Waals surface area contributed by atoms with Gasteiger partial charge in [-0.05, 0) is 13.8 Å². The van der Waals surface area contributed by atoms with Crippen molar-refractivity contribution in [3.05, 3.63) is 11.6 Å². The molecule has 4 nitrogen and oxygen atoms in total. The highest BCUT2D eigenvalue weighted by Gasteiger charge is 2.05. The maximum Gasteiger partial charge on any atom is 0.241 e. The van der Waals surface area contributed by atoms with E-state index in [9.17, 15) is 14.4 Å². The van der Waals surface area contributed by atoms with E-state index in [1.165, 1.54) is 13.8 Å². The minimum atomic E-state index is -0.627. The maximum absolute atomic E-state index is 10.7. The van der Waals surface area contributed by atoms with E-state index in [4.69, 9.17) is 5.73 Å². The molecule has 0 aromatic rings. The van der Waals surface area contributed by atoms with Gasteiger partial charge in [0.25, 0.3) is 0 Å². The number of carbonyl (C=O) groups is 3. The Morgan fingerprint density at radius 3 is 1.69 bits per heavy atom. The number of amides is 1. The molecule has 0 aliphatic rings. The third-order valence-corrected chi connectivity index (χ3v) is 1.30. The van der Waals surface area contributed by atoms with Gasteiger partial charge in [0, 0.05) is 18.9 Å². The normalized spacial score (nSPS) is 9.08. The van der Waals surface area contributed by atoms with Crippen molar-refractivity contribution in [2.45, 2.75) is 26.7 Å². The van der Waals surface area contributed by atoms with Crippen molar-refractivity contribution in [1.82, 2.24) is 0 Å². The molecule has 13 heavy (non-hydrogen) atoms. The Kier molecular flexibility index (Phi) is 4.66. The Labute approximate surface area is 76.8 Å². The fourth-order valence-electron chi connectivity index (χ4n) is 1.01. The highest BCUT2D eigenvalue weighted by atomic mass is 16.1. The minimum absolute atomic E-state index is 0.0891. The van der Waals surface area contributed by atoms with Crippen LogP contribution in [0.4, 0.5) is 0 Å². The van der Waals surface area contributed by atoms with Gasteiger partial charge < -0.3 is 5.73 Å². The second-order valence-electron chi connectivity index (χ2n) is 2.96. The van der Waals surface area contributed by atoms with Crippen LogP contribution in [-0.4, -0.2) is 17.5 Å². The van der Waals surface area contributed by atoms with Crippen molar-refractivity contribution in [1.29, 1.82) is 0 Å². The first kappa shape index (κ1) is 11.6. The van der Waals surface area contributed by atoms with Gasteiger partial charge in [-0.25, -0.2) is 0 Å². The van der Waals surface area contributed by atoms with Gasteiger partial charge >= 0.3 is 0 Å². The van der Waals surface area contributed by atoms with E-state index in [2.05, 4.69) is 0 Å². The van der Waals surface area contributed by atoms with Crippen molar-refractivity contribution in [3.8, 4) is 0 Å². The van der Waals surface area contributed by atoms with Gasteiger partial charge in [0.05, 0.1) is 0 Å². The van der Waals surface area contributed by atoms with E-state index in [-0.39, 0.29) is 24.4 Å². The van der Waals surface area contributed by atoms with Crippen LogP contribution in [-0.2, 0) is 14.4 Å². The summed E-state index contributed by atoms with van der Waals surface area (Å²) in [6, 6.07) is 0. The van der Waals surface area contributed by atoms with E-state index in [0.29, 0.717) is 5.57 Å². The summed E-state index contributed by atoms with van der Waals surface area (Å²) in [5.74, 6) is -0.806. The van der Waals surface area contributed by atoms with Gasteiger partial charge in [0.15, 0.2) is 0 Å². The molecule has 0 saturated heterocycles. The molecule has 2 N–H and O–H groups in total. The molecule has 0 heterocycles. The van der Waals surface area contributed by atoms with Crippen LogP contribution in [0.2, 0.25) is 0 Å². The molecule has 0 fully saturated rings. The average Bonchev–Trinajstić information content (AvgIpc) is 1.80. The summed E-state index contributed by atoms with van der Waals surface area (Å²) in [6.07, 6.45) is 1.37. The number of rotatable bonds is 5. The number of hydrogen-bond donors (Lipinski definition) is 1. The molecule has 0 aromatic heterocycles. The summed E-state index contributed by atoms with van der Waals surface area (Å²) in [7, 11) is 0. The molecule has 0 radical (unpaired) electrons. The predicted molar refractivity (Wildman–Crippen MR) is 47.9 cm³/mol. The Hall–Kier alpha value is -1.45. The molecular formula is C9H13NO3. The third kappa shape index (κ3) is 6.93. The molecule has 0 bridgehead atoms. The van der Waals surface area contributed by atoms with Crippen LogP contribution in [0.15, 0.2) is 11.6 Å². The summed E-state index contributed by atoms with van der Waals surface area (Å²) in [6.45, 7) is 2.80. The first-order chi connectivity index (χ1) is 5.91. The van der Waals surface area contributed by atoms with Crippen molar-refractivity contribution >= 4 is 17.5 Å². The summed E-state index contributed by atoms with van der Waals surface area (Å²) in [5, 5.41) is 0. The van der Waals surface area contributed by atoms with Crippen LogP contribution < -0.4 is 5.73 Å². The molecule has 0 unspecified atom stereocenters. The number of primary amides is 1. The lowest BCUT2D eigenvalue weighted by Crippen LogP contribution is -2.09. The third-order valence-electron chi connectivity index (χ3n) is 1.30. The molecule has 0 saturated carbocycles. The molecule has 72 valence electrons. The van der Waals surface area contributed by atoms with Crippen LogP contribution in [0, 0.1) is 0 Å². The quantitative estimate of drug-likeness (QED) is 0.625. The zero-order valence-corrected chi connectivity index (χ0v) is 7.79. The van der Waals surface area contributed by atoms with Crippen LogP contribution in [0.3, 0.4) is 0 Å². The zero-order valence-electron chi connectivity index (χ0n) is 7.79. The van der Waals surface area contributed by atoms with Crippen LogP contribution in [0.5, 0.6) is 0 Å². The van der Waals surface area contributed by atoms with E-state index in [0.717, 1.165) is 6.08 Å². The lowest BCUT2D eigenvalue weighted by molar-refractivity contribution is -0.116. The topological polar surface area (TPSA) is 77.2 Å². The molecule has 0 aromatic carbocycles. The lowest BCUT2D eigenvalue weighted by atomic mass is 10.0. The number of carbonyl (C=O) groups excluding carboxylic acids is 3. The van der Waals surface area contributed by atoms with Gasteiger partial charge in [-0.3, -0.25) is 14.4 Å². The van der Waals surface area contributed by atoms with Gasteiger partial charge in [0.1, 0.15) is 11.6 Å². The van der Waals surface area contributed by atoms with E-state index in [1.54, 1.807) is 0 Å². The molecule has 0 atom stereocenters. The summed E-state index contributed by atoms with van der Waals surface area (Å²) in [4.78, 5) is 31.9. The van der Waals surface area contributed by atoms with Gasteiger partial charge in [0.2, 0.25) is 5.91 Å². The van der Waals surface area contributed by atoms with Crippen LogP contribution in [0.25, 0.3) is 0 Å². The highest BCUT2D eigenvalue weighted by molar-refractivity contribution is 5.90. The van der Waals surface area contributed by atoms with Crippen molar-refractivity contribution in [3.63, 3.8) is 0 Å². The Morgan fingerprint density at radius 2 is 1.46 bits per heavy atom. The first-order valence-electron chi connectivity index (χ1n) is 3.89.